The maximum absolute atomic E-state index is 13.7. The van der Waals surface area contributed by atoms with Crippen LogP contribution in [0, 0.1) is 26.7 Å². The van der Waals surface area contributed by atoms with Crippen molar-refractivity contribution in [3.05, 3.63) is 75.9 Å². The van der Waals surface area contributed by atoms with Crippen molar-refractivity contribution in [1.82, 2.24) is 24.8 Å². The number of allylic oxidation sites excluding steroid dienone is 4. The van der Waals surface area contributed by atoms with Crippen LogP contribution in [0.15, 0.2) is 30.8 Å². The van der Waals surface area contributed by atoms with Crippen molar-refractivity contribution in [1.29, 1.82) is 0 Å². The predicted molar refractivity (Wildman–Crippen MR) is 244 cm³/mol. The highest BCUT2D eigenvalue weighted by Gasteiger charge is 2.47. The molecular formula is C48H61N5O6S. The molecule has 1 saturated heterocycles. The summed E-state index contributed by atoms with van der Waals surface area (Å²) in [7, 11) is 1.86. The molecule has 0 spiro atoms. The van der Waals surface area contributed by atoms with Gasteiger partial charge in [-0.05, 0) is 129 Å². The highest BCUT2D eigenvalue weighted by atomic mass is 32.2. The smallest absolute Gasteiger partial charge is 0.303 e. The largest absolute Gasteiger partial charge is 0.458 e. The first kappa shape index (κ1) is 44.6. The lowest BCUT2D eigenvalue weighted by Gasteiger charge is -2.44. The van der Waals surface area contributed by atoms with Crippen molar-refractivity contribution in [3.63, 3.8) is 0 Å². The number of rotatable bonds is 13. The first-order valence-corrected chi connectivity index (χ1v) is 22.2. The van der Waals surface area contributed by atoms with E-state index >= 15 is 0 Å². The summed E-state index contributed by atoms with van der Waals surface area (Å²) < 4.78 is 17.6. The minimum atomic E-state index is -0.661. The number of fused-ring (bicyclic) bond motifs is 8. The Bertz CT molecular complexity index is 2420. The molecule has 2 N–H and O–H groups in total. The van der Waals surface area contributed by atoms with Crippen molar-refractivity contribution in [2.45, 2.75) is 125 Å². The summed E-state index contributed by atoms with van der Waals surface area (Å²) >= 11 is 1.64. The maximum Gasteiger partial charge on any atom is 0.303 e. The summed E-state index contributed by atoms with van der Waals surface area (Å²) in [4.78, 5) is 57.1. The molecule has 3 aromatic heterocycles. The second-order valence-corrected chi connectivity index (χ2v) is 17.5. The van der Waals surface area contributed by atoms with E-state index in [1.54, 1.807) is 16.7 Å². The van der Waals surface area contributed by atoms with Crippen LogP contribution in [0.1, 0.15) is 126 Å². The molecule has 3 aromatic rings. The van der Waals surface area contributed by atoms with Gasteiger partial charge in [-0.15, -0.1) is 11.8 Å². The van der Waals surface area contributed by atoms with Gasteiger partial charge in [0.15, 0.2) is 6.10 Å². The summed E-state index contributed by atoms with van der Waals surface area (Å²) in [5.74, 6) is -0.258. The Labute approximate surface area is 358 Å². The summed E-state index contributed by atoms with van der Waals surface area (Å²) in [5, 5.41) is 0. The Kier molecular flexibility index (Phi) is 14.0. The minimum absolute atomic E-state index is 0.0626. The number of thioether (sulfide) groups is 1. The molecule has 6 rings (SSSR count). The summed E-state index contributed by atoms with van der Waals surface area (Å²) in [5.41, 5.74) is 16.1. The lowest BCUT2D eigenvalue weighted by Crippen LogP contribution is -2.55. The highest BCUT2D eigenvalue weighted by molar-refractivity contribution is 7.99. The standard InChI is InChI=1S/C48H61N5O6S/c1-13-33-27(6)39-24-42-34(14-2)26(5)38(50-42)23-40-28(7)35(45(52-40)29(8)37-21-25(4)36(49-37)22-41(33)51-39)17-18-44(56)53(12)19-16-20-60-48-30(9)46(57-31(10)54)47(58-32(11)55)43(15-3)59-48/h14,21-24,30,43,46-50H,2,13,15-20H2,1,3-12H3/t30-,43+,46+,47+,48-/m0/s1. The van der Waals surface area contributed by atoms with Crippen LogP contribution in [-0.2, 0) is 28.6 Å². The quantitative estimate of drug-likeness (QED) is 0.127. The molecule has 12 heteroatoms. The number of nitrogens with zero attached hydrogens (tertiary/aromatic N) is 3. The van der Waals surface area contributed by atoms with E-state index in [0.717, 1.165) is 96.8 Å². The minimum Gasteiger partial charge on any atom is -0.458 e. The first-order valence-electron chi connectivity index (χ1n) is 21.2. The fourth-order valence-electron chi connectivity index (χ4n) is 8.64. The van der Waals surface area contributed by atoms with Crippen LogP contribution in [-0.4, -0.2) is 85.8 Å². The molecule has 0 aliphatic carbocycles. The Morgan fingerprint density at radius 3 is 2.13 bits per heavy atom. The Morgan fingerprint density at radius 1 is 0.850 bits per heavy atom. The molecule has 1 amide bonds. The van der Waals surface area contributed by atoms with E-state index in [2.05, 4.69) is 82.4 Å². The molecule has 6 heterocycles. The van der Waals surface area contributed by atoms with Gasteiger partial charge in [0.1, 0.15) is 11.5 Å². The average Bonchev–Trinajstić information content (AvgIpc) is 3.91. The number of carbonyl (C=O) groups excluding carboxylic acids is 3. The van der Waals surface area contributed by atoms with Crippen LogP contribution in [0.5, 0.6) is 0 Å². The van der Waals surface area contributed by atoms with Gasteiger partial charge in [0.05, 0.1) is 28.9 Å². The first-order chi connectivity index (χ1) is 28.6. The molecule has 60 heavy (non-hydrogen) atoms. The molecular weight excluding hydrogens is 775 g/mol. The summed E-state index contributed by atoms with van der Waals surface area (Å²) in [6.07, 6.45) is 3.36. The van der Waals surface area contributed by atoms with Crippen molar-refractivity contribution in [3.8, 4) is 0 Å². The van der Waals surface area contributed by atoms with Crippen LogP contribution < -0.4 is 0 Å². The van der Waals surface area contributed by atoms with E-state index in [0.29, 0.717) is 25.8 Å². The van der Waals surface area contributed by atoms with Gasteiger partial charge >= 0.3 is 11.9 Å². The molecule has 3 aliphatic rings. The van der Waals surface area contributed by atoms with Crippen LogP contribution in [0.4, 0.5) is 0 Å². The van der Waals surface area contributed by atoms with Crippen molar-refractivity contribution in [2.75, 3.05) is 19.3 Å². The average molecular weight is 836 g/mol. The van der Waals surface area contributed by atoms with Gasteiger partial charge in [0.2, 0.25) is 5.91 Å². The third-order valence-electron chi connectivity index (χ3n) is 12.2. The molecule has 0 radical (unpaired) electrons. The molecule has 11 nitrogen and oxygen atoms in total. The monoisotopic (exact) mass is 835 g/mol. The summed E-state index contributed by atoms with van der Waals surface area (Å²) in [6, 6.07) is 8.57. The zero-order valence-corrected chi connectivity index (χ0v) is 37.9. The Hall–Kier alpha value is -4.94. The number of nitrogens with one attached hydrogen (secondary N) is 2. The van der Waals surface area contributed by atoms with Gasteiger partial charge in [0.25, 0.3) is 0 Å². The van der Waals surface area contributed by atoms with Crippen LogP contribution in [0.2, 0.25) is 0 Å². The van der Waals surface area contributed by atoms with Crippen LogP contribution in [0.3, 0.4) is 0 Å². The molecule has 8 bridgehead atoms. The Balaban J connectivity index is 1.23. The van der Waals surface area contributed by atoms with Gasteiger partial charge in [-0.2, -0.15) is 0 Å². The van der Waals surface area contributed by atoms with Gasteiger partial charge in [-0.1, -0.05) is 33.4 Å². The van der Waals surface area contributed by atoms with Gasteiger partial charge in [-0.25, -0.2) is 9.97 Å². The lowest BCUT2D eigenvalue weighted by atomic mass is 9.92. The van der Waals surface area contributed by atoms with E-state index in [-0.39, 0.29) is 17.3 Å². The zero-order valence-electron chi connectivity index (χ0n) is 37.1. The van der Waals surface area contributed by atoms with Crippen LogP contribution in [0.25, 0.3) is 50.4 Å². The number of H-pyrrole nitrogens is 2. The molecule has 0 unspecified atom stereocenters. The molecule has 1 fully saturated rings. The molecule has 5 atom stereocenters. The number of esters is 2. The third kappa shape index (κ3) is 9.19. The van der Waals surface area contributed by atoms with Crippen molar-refractivity contribution < 1.29 is 28.6 Å². The van der Waals surface area contributed by atoms with Crippen molar-refractivity contribution in [2.24, 2.45) is 5.92 Å². The SMILES string of the molecule is C=Cc1c(C)c2cc3nc(c(C)c4cc(C)c(cc5nc(cc1[nH]2)C(C)=C5CC)[nH]4)C(CCC(=O)N(C)CCCS[C@@H]1O[C@H](CC)[C@@H](OC(C)=O)[C@H](OC(C)=O)[C@@H]1C)=C3C. The second kappa shape index (κ2) is 18.8. The van der Waals surface area contributed by atoms with Gasteiger partial charge < -0.3 is 29.1 Å². The number of aryl methyl sites for hydroxylation is 3. The number of hydrogen-bond donors (Lipinski definition) is 2. The van der Waals surface area contributed by atoms with Gasteiger partial charge in [0, 0.05) is 67.4 Å². The predicted octanol–water partition coefficient (Wildman–Crippen LogP) is 10.2. The molecule has 3 aliphatic heterocycles. The Morgan fingerprint density at radius 2 is 1.47 bits per heavy atom. The van der Waals surface area contributed by atoms with Crippen LogP contribution >= 0.6 is 11.8 Å². The van der Waals surface area contributed by atoms with E-state index in [1.165, 1.54) is 25.0 Å². The van der Waals surface area contributed by atoms with E-state index < -0.39 is 30.3 Å². The normalized spacial score (nSPS) is 20.4. The zero-order chi connectivity index (χ0) is 43.6. The van der Waals surface area contributed by atoms with Crippen molar-refractivity contribution >= 4 is 80.0 Å². The van der Waals surface area contributed by atoms with E-state index in [1.807, 2.05) is 27.0 Å². The number of ether oxygens (including phenoxy) is 3. The fraction of sp³-hybridized carbons (Fsp3) is 0.479. The van der Waals surface area contributed by atoms with E-state index in [4.69, 9.17) is 24.2 Å². The maximum atomic E-state index is 13.7. The molecule has 0 aromatic carbocycles. The number of amides is 1. The number of hydrogen-bond acceptors (Lipinski definition) is 9. The fourth-order valence-corrected chi connectivity index (χ4v) is 9.85. The highest BCUT2D eigenvalue weighted by Crippen LogP contribution is 2.39. The number of aromatic nitrogens is 4. The topological polar surface area (TPSA) is 140 Å². The van der Waals surface area contributed by atoms with Gasteiger partial charge in [-0.3, -0.25) is 14.4 Å². The number of aromatic amines is 2. The third-order valence-corrected chi connectivity index (χ3v) is 13.6. The number of carbonyl (C=O) groups is 3. The molecule has 320 valence electrons. The lowest BCUT2D eigenvalue weighted by molar-refractivity contribution is -0.210. The molecule has 0 saturated carbocycles. The second-order valence-electron chi connectivity index (χ2n) is 16.3. The summed E-state index contributed by atoms with van der Waals surface area (Å²) in [6.45, 7) is 24.1. The van der Waals surface area contributed by atoms with E-state index in [9.17, 15) is 14.4 Å².